The van der Waals surface area contributed by atoms with E-state index in [9.17, 15) is 9.90 Å². The zero-order valence-corrected chi connectivity index (χ0v) is 17.1. The maximum Gasteiger partial charge on any atom is 0.133 e. The molecule has 0 aliphatic heterocycles. The lowest BCUT2D eigenvalue weighted by atomic mass is 9.84. The quantitative estimate of drug-likeness (QED) is 0.321. The lowest BCUT2D eigenvalue weighted by Gasteiger charge is -2.23. The summed E-state index contributed by atoms with van der Waals surface area (Å²) >= 11 is 7.59. The molecule has 0 heterocycles. The van der Waals surface area contributed by atoms with Crippen molar-refractivity contribution < 1.29 is 9.90 Å². The first-order valence-electron chi connectivity index (χ1n) is 8.64. The van der Waals surface area contributed by atoms with Crippen molar-refractivity contribution in [3.63, 3.8) is 0 Å². The van der Waals surface area contributed by atoms with Crippen LogP contribution in [0.2, 0.25) is 5.02 Å². The van der Waals surface area contributed by atoms with Gasteiger partial charge in [0.25, 0.3) is 0 Å². The third-order valence-corrected chi connectivity index (χ3v) is 4.93. The van der Waals surface area contributed by atoms with E-state index >= 15 is 0 Å². The van der Waals surface area contributed by atoms with Gasteiger partial charge in [-0.05, 0) is 30.4 Å². The summed E-state index contributed by atoms with van der Waals surface area (Å²) in [5.74, 6) is 1.31. The number of hydrogen-bond donors (Lipinski definition) is 1. The highest BCUT2D eigenvalue weighted by molar-refractivity contribution is 8.14. The Balaban J connectivity index is 2.83. The van der Waals surface area contributed by atoms with Crippen LogP contribution in [0.25, 0.3) is 0 Å². The molecule has 138 valence electrons. The minimum atomic E-state index is -0.555. The van der Waals surface area contributed by atoms with E-state index in [0.717, 1.165) is 22.8 Å². The van der Waals surface area contributed by atoms with Gasteiger partial charge in [0.2, 0.25) is 0 Å². The minimum absolute atomic E-state index is 0.180. The maximum absolute atomic E-state index is 11.9. The van der Waals surface area contributed by atoms with Gasteiger partial charge in [-0.25, -0.2) is 0 Å². The van der Waals surface area contributed by atoms with Crippen molar-refractivity contribution in [3.8, 4) is 0 Å². The highest BCUT2D eigenvalue weighted by Gasteiger charge is 2.25. The maximum atomic E-state index is 11.9. The zero-order valence-electron chi connectivity index (χ0n) is 15.5. The third kappa shape index (κ3) is 7.66. The van der Waals surface area contributed by atoms with E-state index in [1.807, 2.05) is 45.0 Å². The highest BCUT2D eigenvalue weighted by atomic mass is 35.5. The Morgan fingerprint density at radius 2 is 1.92 bits per heavy atom. The Kier molecular flexibility index (Phi) is 9.30. The van der Waals surface area contributed by atoms with Gasteiger partial charge >= 0.3 is 0 Å². The number of carbonyl (C=O) groups excluding carboxylic acids is 1. The normalized spacial score (nSPS) is 13.2. The molecule has 0 fully saturated rings. The summed E-state index contributed by atoms with van der Waals surface area (Å²) in [5.41, 5.74) is 0.460. The van der Waals surface area contributed by atoms with Gasteiger partial charge in [-0.15, -0.1) is 11.8 Å². The fraction of sp³-hybridized carbons (Fsp3) is 0.500. The summed E-state index contributed by atoms with van der Waals surface area (Å²) in [7, 11) is 0. The molecule has 25 heavy (non-hydrogen) atoms. The third-order valence-electron chi connectivity index (χ3n) is 3.75. The number of aliphatic hydroxyl groups excluding tert-OH is 1. The molecule has 0 aromatic heterocycles. The number of allylic oxidation sites excluding steroid dienone is 1. The Labute approximate surface area is 160 Å². The van der Waals surface area contributed by atoms with E-state index in [-0.39, 0.29) is 11.5 Å². The van der Waals surface area contributed by atoms with Crippen LogP contribution < -0.4 is 0 Å². The number of ketones is 1. The van der Waals surface area contributed by atoms with Crippen molar-refractivity contribution in [2.75, 3.05) is 12.3 Å². The lowest BCUT2D eigenvalue weighted by Crippen LogP contribution is -2.20. The van der Waals surface area contributed by atoms with Crippen LogP contribution >= 0.6 is 23.4 Å². The van der Waals surface area contributed by atoms with E-state index in [1.54, 1.807) is 17.8 Å². The molecule has 0 amide bonds. The lowest BCUT2D eigenvalue weighted by molar-refractivity contribution is -0.120. The molecular formula is C20H28ClNO2S. The summed E-state index contributed by atoms with van der Waals surface area (Å²) in [6, 6.07) is 7.58. The van der Waals surface area contributed by atoms with E-state index in [4.69, 9.17) is 11.6 Å². The molecule has 1 N–H and O–H groups in total. The van der Waals surface area contributed by atoms with Crippen LogP contribution in [0.1, 0.15) is 52.5 Å². The van der Waals surface area contributed by atoms with Gasteiger partial charge in [-0.3, -0.25) is 9.79 Å². The second kappa shape index (κ2) is 10.7. The van der Waals surface area contributed by atoms with Crippen molar-refractivity contribution in [1.82, 2.24) is 0 Å². The van der Waals surface area contributed by atoms with Crippen LogP contribution in [-0.2, 0) is 4.79 Å². The highest BCUT2D eigenvalue weighted by Crippen LogP contribution is 2.29. The van der Waals surface area contributed by atoms with Crippen molar-refractivity contribution in [2.45, 2.75) is 47.0 Å². The Morgan fingerprint density at radius 1 is 1.28 bits per heavy atom. The number of benzene rings is 1. The van der Waals surface area contributed by atoms with Crippen molar-refractivity contribution in [1.29, 1.82) is 0 Å². The molecule has 0 radical (unpaired) electrons. The van der Waals surface area contributed by atoms with Gasteiger partial charge < -0.3 is 5.11 Å². The number of nitrogens with zero attached hydrogens (tertiary/aromatic N) is 1. The van der Waals surface area contributed by atoms with E-state index in [1.165, 1.54) is 0 Å². The van der Waals surface area contributed by atoms with Crippen LogP contribution in [0, 0.1) is 5.41 Å². The first kappa shape index (κ1) is 21.8. The van der Waals surface area contributed by atoms with E-state index < -0.39 is 5.41 Å². The number of rotatable bonds is 9. The predicted molar refractivity (Wildman–Crippen MR) is 110 cm³/mol. The molecule has 0 bridgehead atoms. The van der Waals surface area contributed by atoms with Gasteiger partial charge in [-0.1, -0.05) is 51.4 Å². The first-order chi connectivity index (χ1) is 11.8. The fourth-order valence-electron chi connectivity index (χ4n) is 2.39. The van der Waals surface area contributed by atoms with Crippen molar-refractivity contribution in [3.05, 3.63) is 46.7 Å². The van der Waals surface area contributed by atoms with Crippen LogP contribution in [0.4, 0.5) is 0 Å². The zero-order chi connectivity index (χ0) is 18.9. The van der Waals surface area contributed by atoms with Gasteiger partial charge in [0.1, 0.15) is 5.78 Å². The second-order valence-electron chi connectivity index (χ2n) is 6.52. The number of thioether (sulfide) groups is 1. The van der Waals surface area contributed by atoms with Crippen LogP contribution in [0.15, 0.2) is 41.1 Å². The van der Waals surface area contributed by atoms with Gasteiger partial charge in [0.05, 0.1) is 17.3 Å². The summed E-state index contributed by atoms with van der Waals surface area (Å²) < 4.78 is 0. The first-order valence-corrected chi connectivity index (χ1v) is 10.0. The molecule has 1 rings (SSSR count). The molecule has 3 nitrogen and oxygen atoms in total. The Hall–Kier alpha value is -1.26. The van der Waals surface area contributed by atoms with Gasteiger partial charge in [-0.2, -0.15) is 0 Å². The second-order valence-corrected chi connectivity index (χ2v) is 8.21. The Morgan fingerprint density at radius 3 is 2.48 bits per heavy atom. The van der Waals surface area contributed by atoms with Crippen LogP contribution in [0.5, 0.6) is 0 Å². The average molecular weight is 382 g/mol. The van der Waals surface area contributed by atoms with Crippen molar-refractivity contribution in [2.24, 2.45) is 10.4 Å². The SMILES string of the molecule is CCCC(=O)CC(C)(C)/C(O)=C/CN=C(SCC)c1ccc(Cl)cc1. The summed E-state index contributed by atoms with van der Waals surface area (Å²) in [4.78, 5) is 16.5. The molecule has 5 heteroatoms. The average Bonchev–Trinajstić information content (AvgIpc) is 2.54. The molecule has 0 saturated heterocycles. The standard InChI is InChI=1S/C20H28ClNO2S/c1-5-7-17(23)14-20(3,4)18(24)12-13-22-19(25-6-2)15-8-10-16(21)11-9-15/h8-12,24H,5-7,13-14H2,1-4H3/b18-12-,22-19?. The smallest absolute Gasteiger partial charge is 0.133 e. The van der Waals surface area contributed by atoms with Crippen LogP contribution in [-0.4, -0.2) is 28.2 Å². The van der Waals surface area contributed by atoms with E-state index in [2.05, 4.69) is 11.9 Å². The molecule has 0 unspecified atom stereocenters. The summed E-state index contributed by atoms with van der Waals surface area (Å²) in [5, 5.41) is 12.0. The molecule has 0 aliphatic rings. The van der Waals surface area contributed by atoms with Crippen LogP contribution in [0.3, 0.4) is 0 Å². The molecule has 1 aromatic rings. The molecule has 0 aliphatic carbocycles. The predicted octanol–water partition coefficient (Wildman–Crippen LogP) is 6.07. The number of hydrogen-bond acceptors (Lipinski definition) is 4. The molecule has 0 spiro atoms. The molecule has 0 saturated carbocycles. The van der Waals surface area contributed by atoms with E-state index in [0.29, 0.717) is 24.4 Å². The minimum Gasteiger partial charge on any atom is -0.512 e. The fourth-order valence-corrected chi connectivity index (χ4v) is 3.26. The summed E-state index contributed by atoms with van der Waals surface area (Å²) in [6.07, 6.45) is 3.44. The Bertz CT molecular complexity index is 621. The molecule has 1 aromatic carbocycles. The largest absolute Gasteiger partial charge is 0.512 e. The van der Waals surface area contributed by atoms with Gasteiger partial charge in [0, 0.05) is 28.8 Å². The van der Waals surface area contributed by atoms with Crippen molar-refractivity contribution >= 4 is 34.2 Å². The topological polar surface area (TPSA) is 49.7 Å². The number of halogens is 1. The number of aliphatic imine (C=N–C) groups is 1. The number of carbonyl (C=O) groups is 1. The molecule has 0 atom stereocenters. The molecular weight excluding hydrogens is 354 g/mol. The van der Waals surface area contributed by atoms with Gasteiger partial charge in [0.15, 0.2) is 0 Å². The number of aliphatic hydroxyl groups is 1. The summed E-state index contributed by atoms with van der Waals surface area (Å²) in [6.45, 7) is 8.21. The monoisotopic (exact) mass is 381 g/mol. The number of Topliss-reactive ketones (excluding diaryl/α,β-unsaturated/α-hetero) is 1.